The van der Waals surface area contributed by atoms with Crippen LogP contribution in [-0.4, -0.2) is 140 Å². The second kappa shape index (κ2) is 27.0. The number of ketones is 3. The molecule has 2 unspecified atom stereocenters. The number of nitrogens with two attached hydrogens (primary N) is 1. The number of carboxylic acids is 1. The summed E-state index contributed by atoms with van der Waals surface area (Å²) >= 11 is 0. The van der Waals surface area contributed by atoms with Gasteiger partial charge < -0.3 is 52.7 Å². The van der Waals surface area contributed by atoms with Gasteiger partial charge in [0.1, 0.15) is 35.4 Å². The van der Waals surface area contributed by atoms with Gasteiger partial charge in [0.05, 0.1) is 55.3 Å². The van der Waals surface area contributed by atoms with Gasteiger partial charge in [-0.2, -0.15) is 0 Å². The Balaban J connectivity index is 2.25. The van der Waals surface area contributed by atoms with Crippen LogP contribution in [0.5, 0.6) is 11.5 Å². The van der Waals surface area contributed by atoms with Crippen molar-refractivity contribution in [3.8, 4) is 11.5 Å². The molecule has 3 rings (SSSR count). The van der Waals surface area contributed by atoms with Crippen LogP contribution in [0, 0.1) is 11.8 Å². The number of phenolic OH excluding ortho intramolecular Hbond substituents is 2. The Morgan fingerprint density at radius 3 is 1.71 bits per heavy atom. The van der Waals surface area contributed by atoms with E-state index in [4.69, 9.17) is 5.73 Å². The van der Waals surface area contributed by atoms with E-state index >= 15 is 0 Å². The van der Waals surface area contributed by atoms with Crippen LogP contribution in [0.2, 0.25) is 0 Å². The lowest BCUT2D eigenvalue weighted by Crippen LogP contribution is -2.60. The van der Waals surface area contributed by atoms with Crippen molar-refractivity contribution in [2.24, 2.45) is 17.6 Å². The number of benzene rings is 2. The lowest BCUT2D eigenvalue weighted by atomic mass is 9.91. The predicted molar refractivity (Wildman–Crippen MR) is 252 cm³/mol. The minimum atomic E-state index is -1.77. The molecule has 10 atom stereocenters. The van der Waals surface area contributed by atoms with Crippen molar-refractivity contribution in [2.45, 2.75) is 154 Å². The second-order valence-electron chi connectivity index (χ2n) is 18.6. The molecule has 1 fully saturated rings. The van der Waals surface area contributed by atoms with Crippen molar-refractivity contribution >= 4 is 52.9 Å². The number of carbonyl (C=O) groups is 9. The molecule has 1 saturated heterocycles. The molecule has 1 aliphatic rings. The normalized spacial score (nSPS) is 23.1. The SMILES string of the molecule is CC(=O)[C@H](CC(C)C)NC1CCC(C(=O)[C@@H](C)NC(=O)[C@@H](N)CC(C)C)N[C@@H](CC(=O)O)C(=O)N[C@@H](Cc2ccc(O)cc2)C(=O)N[C@@H](Cc2ccc(O)cc2)C(=O)NCC(=O)N[C@@H]([C@H](C)O)C1=O. The maximum Gasteiger partial charge on any atom is 0.305 e. The number of amides is 5. The highest BCUT2D eigenvalue weighted by molar-refractivity contribution is 5.98. The molecule has 5 amide bonds. The molecule has 0 aromatic heterocycles. The summed E-state index contributed by atoms with van der Waals surface area (Å²) in [5.74, 6) is -8.16. The highest BCUT2D eigenvalue weighted by Crippen LogP contribution is 2.18. The first-order chi connectivity index (χ1) is 32.3. The summed E-state index contributed by atoms with van der Waals surface area (Å²) in [6.45, 7) is 10.6. The van der Waals surface area contributed by atoms with Crippen molar-refractivity contribution in [2.75, 3.05) is 6.54 Å². The molecule has 0 spiro atoms. The minimum Gasteiger partial charge on any atom is -0.508 e. The number of phenols is 2. The Kier molecular flexibility index (Phi) is 22.4. The van der Waals surface area contributed by atoms with Crippen molar-refractivity contribution in [1.82, 2.24) is 37.2 Å². The van der Waals surface area contributed by atoms with Crippen LogP contribution in [0.1, 0.15) is 91.7 Å². The number of Topliss-reactive ketones (excluding diaryl/α,β-unsaturated/α-hetero) is 3. The topological polar surface area (TPSA) is 345 Å². The zero-order chi connectivity index (χ0) is 51.7. The van der Waals surface area contributed by atoms with Crippen molar-refractivity contribution in [3.63, 3.8) is 0 Å². The van der Waals surface area contributed by atoms with Gasteiger partial charge in [-0.3, -0.25) is 53.8 Å². The predicted octanol–water partition coefficient (Wildman–Crippen LogP) is -0.592. The Morgan fingerprint density at radius 2 is 1.23 bits per heavy atom. The number of carboxylic acid groups (broad SMARTS) is 1. The molecular formula is C48H70N8O13. The molecule has 0 radical (unpaired) electrons. The molecule has 0 bridgehead atoms. The lowest BCUT2D eigenvalue weighted by Gasteiger charge is -2.31. The van der Waals surface area contributed by atoms with Gasteiger partial charge in [0.15, 0.2) is 11.6 Å². The number of aliphatic hydroxyl groups is 1. The van der Waals surface area contributed by atoms with Crippen molar-refractivity contribution in [3.05, 3.63) is 59.7 Å². The molecule has 0 saturated carbocycles. The number of hydrogen-bond acceptors (Lipinski definition) is 15. The molecule has 1 aliphatic heterocycles. The number of aromatic hydroxyl groups is 2. The average Bonchev–Trinajstić information content (AvgIpc) is 3.26. The quantitative estimate of drug-likeness (QED) is 0.0888. The van der Waals surface area contributed by atoms with Crippen LogP contribution in [0.25, 0.3) is 0 Å². The fraction of sp³-hybridized carbons (Fsp3) is 0.562. The summed E-state index contributed by atoms with van der Waals surface area (Å²) < 4.78 is 0. The first kappa shape index (κ1) is 57.0. The second-order valence-corrected chi connectivity index (χ2v) is 18.6. The number of aliphatic hydroxyl groups excluding tert-OH is 1. The van der Waals surface area contributed by atoms with E-state index in [2.05, 4.69) is 37.2 Å². The van der Waals surface area contributed by atoms with Crippen LogP contribution in [0.4, 0.5) is 0 Å². The standard InChI is InChI=1S/C48H70N8O13/c1-24(2)18-33(49)45(66)51-26(5)43(64)34-16-17-35(52-36(27(6)57)19-25(3)4)44(65)42(28(7)58)56-40(61)23-50-46(67)37(20-29-8-12-31(59)13-9-29)54-47(68)38(21-30-10-14-32(60)15-11-30)55-48(69)39(53-34)22-41(62)63/h8-15,24-26,28,33-39,42,52-53,58-60H,16-23,49H2,1-7H3,(H,50,67)(H,51,66)(H,54,68)(H,55,69)(H,56,61)(H,62,63)/t26-,28+,33+,34?,35?,36+,37+,38+,39+,42+/m1/s1. The first-order valence-electron chi connectivity index (χ1n) is 23.1. The van der Waals surface area contributed by atoms with Gasteiger partial charge in [-0.05, 0) is 93.7 Å². The highest BCUT2D eigenvalue weighted by atomic mass is 16.4. The third-order valence-corrected chi connectivity index (χ3v) is 11.5. The molecule has 21 nitrogen and oxygen atoms in total. The number of rotatable bonds is 18. The highest BCUT2D eigenvalue weighted by Gasteiger charge is 2.38. The largest absolute Gasteiger partial charge is 0.508 e. The maximum absolute atomic E-state index is 14.5. The van der Waals surface area contributed by atoms with E-state index in [0.29, 0.717) is 11.1 Å². The molecule has 69 heavy (non-hydrogen) atoms. The summed E-state index contributed by atoms with van der Waals surface area (Å²) in [5.41, 5.74) is 6.97. The number of nitrogens with one attached hydrogen (secondary N) is 7. The molecule has 380 valence electrons. The Labute approximate surface area is 401 Å². The molecule has 0 aliphatic carbocycles. The Hall–Kier alpha value is -6.29. The van der Waals surface area contributed by atoms with Gasteiger partial charge in [0, 0.05) is 12.8 Å². The smallest absolute Gasteiger partial charge is 0.305 e. The number of hydrogen-bond donors (Lipinski definition) is 12. The van der Waals surface area contributed by atoms with E-state index in [1.807, 2.05) is 27.7 Å². The average molecular weight is 967 g/mol. The summed E-state index contributed by atoms with van der Waals surface area (Å²) in [6.07, 6.45) is -3.12. The van der Waals surface area contributed by atoms with Gasteiger partial charge in [-0.15, -0.1) is 0 Å². The van der Waals surface area contributed by atoms with E-state index in [9.17, 15) is 63.6 Å². The molecule has 2 aromatic rings. The van der Waals surface area contributed by atoms with Gasteiger partial charge in [0.2, 0.25) is 29.5 Å². The summed E-state index contributed by atoms with van der Waals surface area (Å²) in [6, 6.07) is -1.27. The van der Waals surface area contributed by atoms with Gasteiger partial charge >= 0.3 is 5.97 Å². The molecule has 1 heterocycles. The first-order valence-corrected chi connectivity index (χ1v) is 23.1. The minimum absolute atomic E-state index is 0.0217. The summed E-state index contributed by atoms with van der Waals surface area (Å²) in [4.78, 5) is 124. The van der Waals surface area contributed by atoms with Gasteiger partial charge in [-0.1, -0.05) is 52.0 Å². The van der Waals surface area contributed by atoms with Gasteiger partial charge in [0.25, 0.3) is 0 Å². The Bertz CT molecular complexity index is 2120. The lowest BCUT2D eigenvalue weighted by molar-refractivity contribution is -0.141. The molecular weight excluding hydrogens is 897 g/mol. The van der Waals surface area contributed by atoms with Crippen molar-refractivity contribution < 1.29 is 63.6 Å². The fourth-order valence-electron chi connectivity index (χ4n) is 7.83. The number of carbonyl (C=O) groups excluding carboxylic acids is 8. The van der Waals surface area contributed by atoms with Gasteiger partial charge in [-0.25, -0.2) is 0 Å². The molecule has 13 N–H and O–H groups in total. The van der Waals surface area contributed by atoms with Crippen LogP contribution >= 0.6 is 0 Å². The maximum atomic E-state index is 14.5. The third kappa shape index (κ3) is 19.0. The van der Waals surface area contributed by atoms with Crippen LogP contribution in [0.15, 0.2) is 48.5 Å². The summed E-state index contributed by atoms with van der Waals surface area (Å²) in [7, 11) is 0. The van der Waals surface area contributed by atoms with E-state index in [0.717, 1.165) is 0 Å². The molecule has 21 heteroatoms. The van der Waals surface area contributed by atoms with E-state index < -0.39 is 121 Å². The fourth-order valence-corrected chi connectivity index (χ4v) is 7.83. The monoisotopic (exact) mass is 967 g/mol. The van der Waals surface area contributed by atoms with Crippen LogP contribution in [0.3, 0.4) is 0 Å². The summed E-state index contributed by atoms with van der Waals surface area (Å²) in [5, 5.41) is 59.4. The Morgan fingerprint density at radius 1 is 0.725 bits per heavy atom. The third-order valence-electron chi connectivity index (χ3n) is 11.5. The number of aliphatic carboxylic acids is 1. The van der Waals surface area contributed by atoms with Crippen LogP contribution < -0.4 is 43.0 Å². The molecule has 2 aromatic carbocycles. The zero-order valence-electron chi connectivity index (χ0n) is 40.2. The zero-order valence-corrected chi connectivity index (χ0v) is 40.2. The van der Waals surface area contributed by atoms with E-state index in [1.165, 1.54) is 69.3 Å². The van der Waals surface area contributed by atoms with Crippen molar-refractivity contribution in [1.29, 1.82) is 0 Å². The van der Waals surface area contributed by atoms with E-state index in [-0.39, 0.29) is 67.6 Å². The van der Waals surface area contributed by atoms with E-state index in [1.54, 1.807) is 0 Å². The van der Waals surface area contributed by atoms with Crippen LogP contribution in [-0.2, 0) is 56.0 Å².